The highest BCUT2D eigenvalue weighted by Gasteiger charge is 2.00. The molecular weight excluding hydrogens is 218 g/mol. The van der Waals surface area contributed by atoms with Gasteiger partial charge in [0.2, 0.25) is 0 Å². The molecule has 18 heavy (non-hydrogen) atoms. The SMILES string of the molecule is C=CCc1cc(CNC(=C)C(=C)C=C)ccc1C. The zero-order valence-electron chi connectivity index (χ0n) is 11.1. The third-order valence-electron chi connectivity index (χ3n) is 2.92. The van der Waals surface area contributed by atoms with Gasteiger partial charge < -0.3 is 5.32 Å². The van der Waals surface area contributed by atoms with E-state index < -0.39 is 0 Å². The second-order valence-corrected chi connectivity index (χ2v) is 4.32. The number of benzene rings is 1. The van der Waals surface area contributed by atoms with E-state index in [9.17, 15) is 0 Å². The lowest BCUT2D eigenvalue weighted by Crippen LogP contribution is -2.12. The molecule has 0 spiro atoms. The van der Waals surface area contributed by atoms with Gasteiger partial charge in [-0.1, -0.05) is 50.1 Å². The van der Waals surface area contributed by atoms with Crippen LogP contribution in [0.4, 0.5) is 0 Å². The Bertz CT molecular complexity index is 480. The van der Waals surface area contributed by atoms with Gasteiger partial charge in [-0.05, 0) is 35.6 Å². The molecule has 0 saturated carbocycles. The third kappa shape index (κ3) is 3.77. The van der Waals surface area contributed by atoms with Crippen molar-refractivity contribution in [3.63, 3.8) is 0 Å². The lowest BCUT2D eigenvalue weighted by Gasteiger charge is -2.11. The quantitative estimate of drug-likeness (QED) is 0.558. The molecule has 0 aliphatic rings. The van der Waals surface area contributed by atoms with Crippen LogP contribution in [0, 0.1) is 6.92 Å². The van der Waals surface area contributed by atoms with Crippen LogP contribution in [0.5, 0.6) is 0 Å². The number of hydrogen-bond acceptors (Lipinski definition) is 1. The zero-order chi connectivity index (χ0) is 13.5. The summed E-state index contributed by atoms with van der Waals surface area (Å²) in [6, 6.07) is 6.47. The number of allylic oxidation sites excluding steroid dienone is 2. The molecule has 0 aromatic heterocycles. The highest BCUT2D eigenvalue weighted by atomic mass is 14.9. The van der Waals surface area contributed by atoms with Gasteiger partial charge in [0.25, 0.3) is 0 Å². The van der Waals surface area contributed by atoms with Gasteiger partial charge in [0.05, 0.1) is 0 Å². The standard InChI is InChI=1S/C17H21N/c1-6-8-17-11-16(10-9-14(17)4)12-18-15(5)13(3)7-2/h6-7,9-11,18H,1-3,5,8,12H2,4H3. The van der Waals surface area contributed by atoms with Crippen LogP contribution in [0.2, 0.25) is 0 Å². The van der Waals surface area contributed by atoms with Crippen molar-refractivity contribution in [3.8, 4) is 0 Å². The molecule has 1 aromatic carbocycles. The Balaban J connectivity index is 2.71. The molecule has 94 valence electrons. The minimum atomic E-state index is 0.746. The topological polar surface area (TPSA) is 12.0 Å². The van der Waals surface area contributed by atoms with E-state index in [0.717, 1.165) is 24.2 Å². The third-order valence-corrected chi connectivity index (χ3v) is 2.92. The maximum Gasteiger partial charge on any atom is 0.0400 e. The van der Waals surface area contributed by atoms with Gasteiger partial charge >= 0.3 is 0 Å². The molecule has 0 atom stereocenters. The van der Waals surface area contributed by atoms with E-state index in [2.05, 4.69) is 56.8 Å². The fourth-order valence-electron chi connectivity index (χ4n) is 1.66. The summed E-state index contributed by atoms with van der Waals surface area (Å²) in [6.45, 7) is 18.1. The predicted molar refractivity (Wildman–Crippen MR) is 80.4 cm³/mol. The van der Waals surface area contributed by atoms with Crippen molar-refractivity contribution in [1.29, 1.82) is 0 Å². The van der Waals surface area contributed by atoms with Crippen LogP contribution in [0.3, 0.4) is 0 Å². The van der Waals surface area contributed by atoms with Crippen LogP contribution >= 0.6 is 0 Å². The number of hydrogen-bond donors (Lipinski definition) is 1. The van der Waals surface area contributed by atoms with Crippen molar-refractivity contribution < 1.29 is 0 Å². The molecular formula is C17H21N. The van der Waals surface area contributed by atoms with Gasteiger partial charge in [0.15, 0.2) is 0 Å². The Hall–Kier alpha value is -2.02. The zero-order valence-corrected chi connectivity index (χ0v) is 11.1. The maximum atomic E-state index is 3.92. The van der Waals surface area contributed by atoms with Crippen LogP contribution in [-0.2, 0) is 13.0 Å². The highest BCUT2D eigenvalue weighted by Crippen LogP contribution is 2.13. The second-order valence-electron chi connectivity index (χ2n) is 4.32. The molecule has 0 fully saturated rings. The van der Waals surface area contributed by atoms with Gasteiger partial charge in [0.1, 0.15) is 0 Å². The van der Waals surface area contributed by atoms with E-state index in [1.807, 2.05) is 6.08 Å². The summed E-state index contributed by atoms with van der Waals surface area (Å²) < 4.78 is 0. The Labute approximate surface area is 110 Å². The lowest BCUT2D eigenvalue weighted by molar-refractivity contribution is 0.827. The highest BCUT2D eigenvalue weighted by molar-refractivity contribution is 5.35. The van der Waals surface area contributed by atoms with E-state index in [4.69, 9.17) is 0 Å². The molecule has 0 saturated heterocycles. The summed E-state index contributed by atoms with van der Waals surface area (Å²) in [5.41, 5.74) is 5.49. The lowest BCUT2D eigenvalue weighted by atomic mass is 10.0. The maximum absolute atomic E-state index is 3.92. The summed E-state index contributed by atoms with van der Waals surface area (Å²) in [5.74, 6) is 0. The first-order chi connectivity index (χ1) is 8.58. The first-order valence-electron chi connectivity index (χ1n) is 6.02. The molecule has 0 aliphatic heterocycles. The summed E-state index contributed by atoms with van der Waals surface area (Å²) in [5, 5.41) is 3.25. The van der Waals surface area contributed by atoms with Crippen molar-refractivity contribution in [2.45, 2.75) is 19.9 Å². The predicted octanol–water partition coefficient (Wildman–Crippen LogP) is 4.07. The molecule has 0 bridgehead atoms. The van der Waals surface area contributed by atoms with Gasteiger partial charge in [-0.15, -0.1) is 6.58 Å². The van der Waals surface area contributed by atoms with Crippen LogP contribution in [0.15, 0.2) is 67.9 Å². The summed E-state index contributed by atoms with van der Waals surface area (Å²) >= 11 is 0. The van der Waals surface area contributed by atoms with Crippen molar-refractivity contribution in [2.75, 3.05) is 0 Å². The average Bonchev–Trinajstić information content (AvgIpc) is 2.38. The van der Waals surface area contributed by atoms with Gasteiger partial charge in [0, 0.05) is 12.2 Å². The molecule has 0 aliphatic carbocycles. The van der Waals surface area contributed by atoms with Crippen LogP contribution in [0.1, 0.15) is 16.7 Å². The molecule has 0 amide bonds. The number of rotatable bonds is 7. The van der Waals surface area contributed by atoms with E-state index in [0.29, 0.717) is 0 Å². The first-order valence-corrected chi connectivity index (χ1v) is 6.02. The smallest absolute Gasteiger partial charge is 0.0400 e. The van der Waals surface area contributed by atoms with Gasteiger partial charge in [-0.3, -0.25) is 0 Å². The normalized spacial score (nSPS) is 9.61. The van der Waals surface area contributed by atoms with Crippen molar-refractivity contribution >= 4 is 0 Å². The van der Waals surface area contributed by atoms with Crippen LogP contribution in [-0.4, -0.2) is 0 Å². The van der Waals surface area contributed by atoms with Crippen LogP contribution in [0.25, 0.3) is 0 Å². The Morgan fingerprint density at radius 3 is 2.61 bits per heavy atom. The Morgan fingerprint density at radius 1 is 1.28 bits per heavy atom. The van der Waals surface area contributed by atoms with Crippen LogP contribution < -0.4 is 5.32 Å². The molecule has 1 nitrogen and oxygen atoms in total. The minimum Gasteiger partial charge on any atom is -0.381 e. The second kappa shape index (κ2) is 6.65. The van der Waals surface area contributed by atoms with E-state index in [-0.39, 0.29) is 0 Å². The molecule has 1 heteroatoms. The molecule has 1 N–H and O–H groups in total. The van der Waals surface area contributed by atoms with Crippen molar-refractivity contribution in [2.24, 2.45) is 0 Å². The van der Waals surface area contributed by atoms with E-state index >= 15 is 0 Å². The molecule has 1 rings (SSSR count). The number of nitrogens with one attached hydrogen (secondary N) is 1. The average molecular weight is 239 g/mol. The molecule has 0 heterocycles. The molecule has 1 aromatic rings. The minimum absolute atomic E-state index is 0.746. The fourth-order valence-corrected chi connectivity index (χ4v) is 1.66. The summed E-state index contributed by atoms with van der Waals surface area (Å²) in [6.07, 6.45) is 4.53. The molecule has 0 radical (unpaired) electrons. The van der Waals surface area contributed by atoms with E-state index in [1.54, 1.807) is 6.08 Å². The monoisotopic (exact) mass is 239 g/mol. The Kier molecular flexibility index (Phi) is 5.19. The number of aryl methyl sites for hydroxylation is 1. The van der Waals surface area contributed by atoms with E-state index in [1.165, 1.54) is 16.7 Å². The van der Waals surface area contributed by atoms with Gasteiger partial charge in [-0.25, -0.2) is 0 Å². The van der Waals surface area contributed by atoms with Gasteiger partial charge in [-0.2, -0.15) is 0 Å². The summed E-state index contributed by atoms with van der Waals surface area (Å²) in [7, 11) is 0. The summed E-state index contributed by atoms with van der Waals surface area (Å²) in [4.78, 5) is 0. The van der Waals surface area contributed by atoms with Crippen molar-refractivity contribution in [3.05, 3.63) is 84.6 Å². The largest absolute Gasteiger partial charge is 0.381 e. The first kappa shape index (κ1) is 14.0. The molecule has 0 unspecified atom stereocenters. The Morgan fingerprint density at radius 2 is 2.00 bits per heavy atom. The van der Waals surface area contributed by atoms with Crippen molar-refractivity contribution in [1.82, 2.24) is 5.32 Å². The fraction of sp³-hybridized carbons (Fsp3) is 0.176.